The average molecular weight is 221 g/mol. The Bertz CT molecular complexity index is 454. The fourth-order valence-corrected chi connectivity index (χ4v) is 1.36. The topological polar surface area (TPSA) is 29.5 Å². The molecule has 3 heteroatoms. The normalized spacial score (nSPS) is 9.93. The van der Waals surface area contributed by atoms with Crippen molar-refractivity contribution in [2.45, 2.75) is 0 Å². The van der Waals surface area contributed by atoms with Crippen LogP contribution in [-0.2, 0) is 0 Å². The molecule has 0 spiro atoms. The molecule has 0 aliphatic carbocycles. The lowest BCUT2D eigenvalue weighted by Gasteiger charge is -2.07. The number of rotatable bonds is 2. The zero-order valence-electron chi connectivity index (χ0n) is 7.85. The van der Waals surface area contributed by atoms with E-state index in [1.54, 1.807) is 12.1 Å². The minimum Gasteiger partial charge on any atom is -0.506 e. The molecular formula is C12H9ClO2. The molecule has 0 fully saturated rings. The number of hydrogen-bond acceptors (Lipinski definition) is 2. The van der Waals surface area contributed by atoms with Crippen LogP contribution in [0.2, 0.25) is 5.02 Å². The molecule has 15 heavy (non-hydrogen) atoms. The summed E-state index contributed by atoms with van der Waals surface area (Å²) in [6.07, 6.45) is 0. The first-order chi connectivity index (χ1) is 7.27. The lowest BCUT2D eigenvalue weighted by molar-refractivity contribution is 0.455. The van der Waals surface area contributed by atoms with Crippen LogP contribution in [0.25, 0.3) is 0 Å². The van der Waals surface area contributed by atoms with Gasteiger partial charge in [0.15, 0.2) is 0 Å². The fourth-order valence-electron chi connectivity index (χ4n) is 1.19. The molecule has 2 aromatic rings. The second kappa shape index (κ2) is 4.24. The summed E-state index contributed by atoms with van der Waals surface area (Å²) in [7, 11) is 0. The Morgan fingerprint density at radius 1 is 0.933 bits per heavy atom. The Kier molecular flexibility index (Phi) is 2.79. The number of hydrogen-bond donors (Lipinski definition) is 1. The number of aromatic hydroxyl groups is 1. The van der Waals surface area contributed by atoms with Gasteiger partial charge in [0.05, 0.1) is 0 Å². The lowest BCUT2D eigenvalue weighted by atomic mass is 10.3. The minimum atomic E-state index is 0.0186. The molecular weight excluding hydrogens is 212 g/mol. The Balaban J connectivity index is 2.29. The van der Waals surface area contributed by atoms with Crippen molar-refractivity contribution in [1.82, 2.24) is 0 Å². The summed E-state index contributed by atoms with van der Waals surface area (Å²) >= 11 is 5.87. The first kappa shape index (κ1) is 9.87. The van der Waals surface area contributed by atoms with Gasteiger partial charge in [-0.2, -0.15) is 0 Å². The second-order valence-electron chi connectivity index (χ2n) is 3.00. The maximum absolute atomic E-state index is 9.37. The van der Waals surface area contributed by atoms with Crippen molar-refractivity contribution < 1.29 is 9.84 Å². The molecule has 2 rings (SSSR count). The molecule has 0 atom stereocenters. The summed E-state index contributed by atoms with van der Waals surface area (Å²) in [5.74, 6) is 1.15. The second-order valence-corrected chi connectivity index (χ2v) is 3.38. The van der Waals surface area contributed by atoms with Crippen LogP contribution >= 0.6 is 11.6 Å². The number of para-hydroxylation sites is 1. The quantitative estimate of drug-likeness (QED) is 0.833. The van der Waals surface area contributed by atoms with Crippen LogP contribution in [0, 0.1) is 0 Å². The molecule has 1 N–H and O–H groups in total. The lowest BCUT2D eigenvalue weighted by Crippen LogP contribution is -1.84. The van der Waals surface area contributed by atoms with Crippen molar-refractivity contribution in [1.29, 1.82) is 0 Å². The summed E-state index contributed by atoms with van der Waals surface area (Å²) in [5.41, 5.74) is 0. The Morgan fingerprint density at radius 2 is 1.67 bits per heavy atom. The molecule has 2 nitrogen and oxygen atoms in total. The predicted molar refractivity (Wildman–Crippen MR) is 59.6 cm³/mol. The zero-order chi connectivity index (χ0) is 10.7. The molecule has 0 saturated heterocycles. The predicted octanol–water partition coefficient (Wildman–Crippen LogP) is 3.84. The van der Waals surface area contributed by atoms with E-state index in [1.807, 2.05) is 30.3 Å². The van der Waals surface area contributed by atoms with Gasteiger partial charge >= 0.3 is 0 Å². The number of phenolic OH excluding ortho intramolecular Hbond substituents is 1. The van der Waals surface area contributed by atoms with E-state index in [-0.39, 0.29) is 10.8 Å². The largest absolute Gasteiger partial charge is 0.506 e. The highest BCUT2D eigenvalue weighted by atomic mass is 35.5. The van der Waals surface area contributed by atoms with Gasteiger partial charge in [0.25, 0.3) is 0 Å². The molecule has 2 aromatic carbocycles. The third-order valence-electron chi connectivity index (χ3n) is 1.91. The van der Waals surface area contributed by atoms with Crippen LogP contribution in [-0.4, -0.2) is 5.11 Å². The van der Waals surface area contributed by atoms with E-state index in [2.05, 4.69) is 0 Å². The summed E-state index contributed by atoms with van der Waals surface area (Å²) in [5, 5.41) is 9.59. The Labute approximate surface area is 92.7 Å². The van der Waals surface area contributed by atoms with Crippen molar-refractivity contribution in [2.24, 2.45) is 0 Å². The molecule has 76 valence electrons. The van der Waals surface area contributed by atoms with Crippen LogP contribution in [0.1, 0.15) is 0 Å². The summed E-state index contributed by atoms with van der Waals surface area (Å²) < 4.78 is 5.50. The Hall–Kier alpha value is -1.67. The molecule has 0 aromatic heterocycles. The van der Waals surface area contributed by atoms with Gasteiger partial charge in [-0.15, -0.1) is 0 Å². The smallest absolute Gasteiger partial charge is 0.149 e. The van der Waals surface area contributed by atoms with Gasteiger partial charge in [0.2, 0.25) is 0 Å². The van der Waals surface area contributed by atoms with Crippen LogP contribution in [0.3, 0.4) is 0 Å². The maximum Gasteiger partial charge on any atom is 0.149 e. The van der Waals surface area contributed by atoms with Gasteiger partial charge in [-0.3, -0.25) is 0 Å². The van der Waals surface area contributed by atoms with Gasteiger partial charge < -0.3 is 9.84 Å². The van der Waals surface area contributed by atoms with Crippen molar-refractivity contribution in [3.63, 3.8) is 0 Å². The molecule has 0 amide bonds. The highest BCUT2D eigenvalue weighted by Gasteiger charge is 2.06. The third-order valence-corrected chi connectivity index (χ3v) is 2.29. The van der Waals surface area contributed by atoms with E-state index < -0.39 is 0 Å². The van der Waals surface area contributed by atoms with Crippen molar-refractivity contribution in [2.75, 3.05) is 0 Å². The summed E-state index contributed by atoms with van der Waals surface area (Å²) in [4.78, 5) is 0. The van der Waals surface area contributed by atoms with Crippen LogP contribution in [0.15, 0.2) is 48.5 Å². The molecule has 0 saturated carbocycles. The standard InChI is InChI=1S/C12H9ClO2/c13-12-10(14)7-4-8-11(12)15-9-5-2-1-3-6-9/h1-8,14H. The fraction of sp³-hybridized carbons (Fsp3) is 0. The minimum absolute atomic E-state index is 0.0186. The van der Waals surface area contributed by atoms with E-state index in [4.69, 9.17) is 16.3 Å². The molecule has 0 unspecified atom stereocenters. The van der Waals surface area contributed by atoms with Crippen molar-refractivity contribution >= 4 is 11.6 Å². The molecule has 0 bridgehead atoms. The SMILES string of the molecule is Oc1cccc(Oc2ccccc2)c1Cl. The van der Waals surface area contributed by atoms with Gasteiger partial charge in [-0.05, 0) is 24.3 Å². The summed E-state index contributed by atoms with van der Waals surface area (Å²) in [6, 6.07) is 14.2. The zero-order valence-corrected chi connectivity index (χ0v) is 8.61. The van der Waals surface area contributed by atoms with Crippen LogP contribution in [0.5, 0.6) is 17.2 Å². The number of benzene rings is 2. The van der Waals surface area contributed by atoms with E-state index in [0.717, 1.165) is 0 Å². The monoisotopic (exact) mass is 220 g/mol. The Morgan fingerprint density at radius 3 is 2.40 bits per heavy atom. The van der Waals surface area contributed by atoms with Gasteiger partial charge in [-0.1, -0.05) is 35.9 Å². The van der Waals surface area contributed by atoms with Crippen LogP contribution in [0.4, 0.5) is 0 Å². The van der Waals surface area contributed by atoms with Crippen LogP contribution < -0.4 is 4.74 Å². The van der Waals surface area contributed by atoms with Gasteiger partial charge in [0, 0.05) is 0 Å². The highest BCUT2D eigenvalue weighted by Crippen LogP contribution is 2.35. The molecule has 0 aliphatic rings. The maximum atomic E-state index is 9.37. The molecule has 0 aliphatic heterocycles. The highest BCUT2D eigenvalue weighted by molar-refractivity contribution is 6.33. The molecule has 0 heterocycles. The van der Waals surface area contributed by atoms with E-state index in [1.165, 1.54) is 6.07 Å². The number of phenols is 1. The van der Waals surface area contributed by atoms with Gasteiger partial charge in [0.1, 0.15) is 22.3 Å². The third kappa shape index (κ3) is 2.22. The van der Waals surface area contributed by atoms with E-state index >= 15 is 0 Å². The first-order valence-corrected chi connectivity index (χ1v) is 4.85. The molecule has 0 radical (unpaired) electrons. The first-order valence-electron chi connectivity index (χ1n) is 4.48. The van der Waals surface area contributed by atoms with Crippen molar-refractivity contribution in [3.05, 3.63) is 53.6 Å². The van der Waals surface area contributed by atoms with E-state index in [0.29, 0.717) is 11.5 Å². The van der Waals surface area contributed by atoms with Crippen molar-refractivity contribution in [3.8, 4) is 17.2 Å². The van der Waals surface area contributed by atoms with E-state index in [9.17, 15) is 5.11 Å². The van der Waals surface area contributed by atoms with Gasteiger partial charge in [-0.25, -0.2) is 0 Å². The average Bonchev–Trinajstić information content (AvgIpc) is 2.26. The number of halogens is 1. The summed E-state index contributed by atoms with van der Waals surface area (Å²) in [6.45, 7) is 0. The number of ether oxygens (including phenoxy) is 1.